The molecule has 4 rings (SSSR count). The second kappa shape index (κ2) is 7.72. The number of nitrogen functional groups attached to an aromatic ring is 1. The standard InChI is InChI=1S/C20H19N7OS/c1-11-4-3-5-15-17(11)26-20(29-15)27-19-16(21)18(22-10-23-19)25-14-8-6-13(7-9-14)24-12(2)28/h3-10H,21H2,1-2H3,(H,24,28)(H2,22,23,25,26,27). The number of para-hydroxylation sites is 1. The molecule has 0 saturated carbocycles. The molecule has 0 unspecified atom stereocenters. The highest BCUT2D eigenvalue weighted by atomic mass is 32.1. The van der Waals surface area contributed by atoms with Gasteiger partial charge in [-0.3, -0.25) is 4.79 Å². The Morgan fingerprint density at radius 1 is 1.00 bits per heavy atom. The van der Waals surface area contributed by atoms with Crippen LogP contribution in [0.1, 0.15) is 12.5 Å². The predicted molar refractivity (Wildman–Crippen MR) is 118 cm³/mol. The van der Waals surface area contributed by atoms with Crippen LogP contribution in [0.25, 0.3) is 10.2 Å². The second-order valence-electron chi connectivity index (χ2n) is 6.43. The normalized spacial score (nSPS) is 10.7. The Hall–Kier alpha value is -3.72. The van der Waals surface area contributed by atoms with Gasteiger partial charge in [0.2, 0.25) is 5.91 Å². The van der Waals surface area contributed by atoms with Crippen molar-refractivity contribution in [2.45, 2.75) is 13.8 Å². The smallest absolute Gasteiger partial charge is 0.221 e. The van der Waals surface area contributed by atoms with E-state index in [-0.39, 0.29) is 5.91 Å². The van der Waals surface area contributed by atoms with Crippen molar-refractivity contribution in [3.63, 3.8) is 0 Å². The maximum absolute atomic E-state index is 11.1. The molecular formula is C20H19N7OS. The summed E-state index contributed by atoms with van der Waals surface area (Å²) in [5, 5.41) is 9.80. The van der Waals surface area contributed by atoms with Crippen LogP contribution in [0, 0.1) is 6.92 Å². The van der Waals surface area contributed by atoms with Crippen LogP contribution < -0.4 is 21.7 Å². The number of nitrogens with two attached hydrogens (primary N) is 1. The van der Waals surface area contributed by atoms with Crippen molar-refractivity contribution in [3.8, 4) is 0 Å². The van der Waals surface area contributed by atoms with Crippen LogP contribution in [-0.4, -0.2) is 20.9 Å². The lowest BCUT2D eigenvalue weighted by molar-refractivity contribution is -0.114. The number of anilines is 6. The number of nitrogens with zero attached hydrogens (tertiary/aromatic N) is 3. The molecule has 2 aromatic carbocycles. The first-order valence-electron chi connectivity index (χ1n) is 8.88. The zero-order valence-electron chi connectivity index (χ0n) is 15.9. The van der Waals surface area contributed by atoms with Gasteiger partial charge in [-0.2, -0.15) is 0 Å². The van der Waals surface area contributed by atoms with E-state index in [1.54, 1.807) is 12.1 Å². The van der Waals surface area contributed by atoms with E-state index in [2.05, 4.69) is 30.9 Å². The molecule has 2 heterocycles. The summed E-state index contributed by atoms with van der Waals surface area (Å²) in [4.78, 5) is 24.2. The molecule has 2 aromatic heterocycles. The number of rotatable bonds is 5. The number of hydrogen-bond acceptors (Lipinski definition) is 8. The molecule has 29 heavy (non-hydrogen) atoms. The van der Waals surface area contributed by atoms with E-state index in [0.717, 1.165) is 21.5 Å². The van der Waals surface area contributed by atoms with Crippen LogP contribution in [0.15, 0.2) is 48.8 Å². The lowest BCUT2D eigenvalue weighted by Crippen LogP contribution is -2.06. The fourth-order valence-electron chi connectivity index (χ4n) is 2.81. The molecule has 0 spiro atoms. The summed E-state index contributed by atoms with van der Waals surface area (Å²) in [7, 11) is 0. The Balaban J connectivity index is 1.55. The zero-order chi connectivity index (χ0) is 20.4. The average molecular weight is 405 g/mol. The Bertz CT molecular complexity index is 1190. The minimum Gasteiger partial charge on any atom is -0.393 e. The highest BCUT2D eigenvalue weighted by Gasteiger charge is 2.12. The van der Waals surface area contributed by atoms with Crippen molar-refractivity contribution < 1.29 is 4.79 Å². The molecule has 0 fully saturated rings. The first kappa shape index (κ1) is 18.6. The average Bonchev–Trinajstić information content (AvgIpc) is 3.10. The van der Waals surface area contributed by atoms with Gasteiger partial charge < -0.3 is 21.7 Å². The Morgan fingerprint density at radius 2 is 1.69 bits per heavy atom. The number of amides is 1. The minimum atomic E-state index is -0.119. The summed E-state index contributed by atoms with van der Waals surface area (Å²) in [5.74, 6) is 0.840. The van der Waals surface area contributed by atoms with Crippen molar-refractivity contribution in [1.82, 2.24) is 15.0 Å². The summed E-state index contributed by atoms with van der Waals surface area (Å²) in [5.41, 5.74) is 10.2. The quantitative estimate of drug-likeness (QED) is 0.388. The van der Waals surface area contributed by atoms with Gasteiger partial charge in [0.1, 0.15) is 12.0 Å². The number of fused-ring (bicyclic) bond motifs is 1. The van der Waals surface area contributed by atoms with E-state index < -0.39 is 0 Å². The van der Waals surface area contributed by atoms with Gasteiger partial charge >= 0.3 is 0 Å². The molecule has 4 aromatic rings. The van der Waals surface area contributed by atoms with Crippen molar-refractivity contribution in [2.24, 2.45) is 0 Å². The van der Waals surface area contributed by atoms with Gasteiger partial charge in [-0.15, -0.1) is 0 Å². The van der Waals surface area contributed by atoms with Crippen LogP contribution in [0.4, 0.5) is 33.8 Å². The van der Waals surface area contributed by atoms with E-state index in [0.29, 0.717) is 28.1 Å². The molecule has 9 heteroatoms. The fraction of sp³-hybridized carbons (Fsp3) is 0.100. The van der Waals surface area contributed by atoms with Gasteiger partial charge in [-0.1, -0.05) is 23.5 Å². The molecule has 0 radical (unpaired) electrons. The second-order valence-corrected chi connectivity index (χ2v) is 7.46. The zero-order valence-corrected chi connectivity index (χ0v) is 16.7. The van der Waals surface area contributed by atoms with Gasteiger partial charge in [0, 0.05) is 18.3 Å². The summed E-state index contributed by atoms with van der Waals surface area (Å²) in [6.07, 6.45) is 1.44. The van der Waals surface area contributed by atoms with Gasteiger partial charge in [0.25, 0.3) is 0 Å². The van der Waals surface area contributed by atoms with Gasteiger partial charge in [0.05, 0.1) is 10.2 Å². The van der Waals surface area contributed by atoms with Gasteiger partial charge in [-0.05, 0) is 42.8 Å². The van der Waals surface area contributed by atoms with Crippen molar-refractivity contribution in [3.05, 3.63) is 54.4 Å². The first-order chi connectivity index (χ1) is 14.0. The molecule has 5 N–H and O–H groups in total. The van der Waals surface area contributed by atoms with Crippen LogP contribution in [0.5, 0.6) is 0 Å². The molecule has 0 saturated heterocycles. The lowest BCUT2D eigenvalue weighted by atomic mass is 10.2. The van der Waals surface area contributed by atoms with E-state index in [1.165, 1.54) is 24.6 Å². The van der Waals surface area contributed by atoms with E-state index in [9.17, 15) is 4.79 Å². The maximum atomic E-state index is 11.1. The highest BCUT2D eigenvalue weighted by Crippen LogP contribution is 2.33. The van der Waals surface area contributed by atoms with E-state index in [1.807, 2.05) is 37.3 Å². The van der Waals surface area contributed by atoms with Crippen LogP contribution in [0.2, 0.25) is 0 Å². The lowest BCUT2D eigenvalue weighted by Gasteiger charge is -2.12. The number of nitrogens with one attached hydrogen (secondary N) is 3. The number of aryl methyl sites for hydroxylation is 1. The molecule has 8 nitrogen and oxygen atoms in total. The van der Waals surface area contributed by atoms with Crippen LogP contribution in [0.3, 0.4) is 0 Å². The third-order valence-corrected chi connectivity index (χ3v) is 5.13. The van der Waals surface area contributed by atoms with Gasteiger partial charge in [0.15, 0.2) is 16.8 Å². The summed E-state index contributed by atoms with van der Waals surface area (Å²) >= 11 is 1.54. The third kappa shape index (κ3) is 4.09. The molecule has 0 aliphatic heterocycles. The van der Waals surface area contributed by atoms with E-state index in [4.69, 9.17) is 5.73 Å². The minimum absolute atomic E-state index is 0.119. The molecule has 0 aliphatic rings. The summed E-state index contributed by atoms with van der Waals surface area (Å²) < 4.78 is 1.10. The number of carbonyl (C=O) groups is 1. The first-order valence-corrected chi connectivity index (χ1v) is 9.69. The molecular weight excluding hydrogens is 386 g/mol. The number of thiazole rings is 1. The maximum Gasteiger partial charge on any atom is 0.221 e. The molecule has 1 amide bonds. The Kier molecular flexibility index (Phi) is 4.96. The SMILES string of the molecule is CC(=O)Nc1ccc(Nc2ncnc(Nc3nc4c(C)cccc4s3)c2N)cc1. The molecule has 146 valence electrons. The van der Waals surface area contributed by atoms with Crippen molar-refractivity contribution in [2.75, 3.05) is 21.7 Å². The van der Waals surface area contributed by atoms with Crippen LogP contribution >= 0.6 is 11.3 Å². The largest absolute Gasteiger partial charge is 0.393 e. The van der Waals surface area contributed by atoms with Crippen molar-refractivity contribution in [1.29, 1.82) is 0 Å². The highest BCUT2D eigenvalue weighted by molar-refractivity contribution is 7.22. The van der Waals surface area contributed by atoms with Crippen LogP contribution in [-0.2, 0) is 4.79 Å². The fourth-order valence-corrected chi connectivity index (χ4v) is 3.76. The topological polar surface area (TPSA) is 118 Å². The Morgan fingerprint density at radius 3 is 2.38 bits per heavy atom. The Labute approximate surface area is 171 Å². The summed E-state index contributed by atoms with van der Waals surface area (Å²) in [6, 6.07) is 13.3. The third-order valence-electron chi connectivity index (χ3n) is 4.20. The summed E-state index contributed by atoms with van der Waals surface area (Å²) in [6.45, 7) is 3.50. The molecule has 0 bridgehead atoms. The van der Waals surface area contributed by atoms with E-state index >= 15 is 0 Å². The molecule has 0 aliphatic carbocycles. The number of carbonyl (C=O) groups excluding carboxylic acids is 1. The van der Waals surface area contributed by atoms with Crippen molar-refractivity contribution >= 4 is 61.3 Å². The predicted octanol–water partition coefficient (Wildman–Crippen LogP) is 4.42. The van der Waals surface area contributed by atoms with Gasteiger partial charge in [-0.25, -0.2) is 15.0 Å². The number of hydrogen-bond donors (Lipinski definition) is 4. The monoisotopic (exact) mass is 405 g/mol. The molecule has 0 atom stereocenters. The number of benzene rings is 2. The number of aromatic nitrogens is 3.